The Balaban J connectivity index is 1.59. The van der Waals surface area contributed by atoms with Crippen molar-refractivity contribution < 1.29 is 4.74 Å². The zero-order valence-corrected chi connectivity index (χ0v) is 16.6. The van der Waals surface area contributed by atoms with Gasteiger partial charge in [0.15, 0.2) is 0 Å². The summed E-state index contributed by atoms with van der Waals surface area (Å²) in [6.45, 7) is 5.03. The summed E-state index contributed by atoms with van der Waals surface area (Å²) in [7, 11) is 0. The number of benzene rings is 2. The summed E-state index contributed by atoms with van der Waals surface area (Å²) in [6.07, 6.45) is 5.27. The molecule has 4 nitrogen and oxygen atoms in total. The molecule has 3 rings (SSSR count). The van der Waals surface area contributed by atoms with Gasteiger partial charge >= 0.3 is 0 Å². The molecule has 5 heteroatoms. The quantitative estimate of drug-likeness (QED) is 0.276. The number of thiazole rings is 1. The van der Waals surface area contributed by atoms with Crippen molar-refractivity contribution in [1.29, 1.82) is 0 Å². The Morgan fingerprint density at radius 3 is 2.78 bits per heavy atom. The number of unbranched alkanes of at least 4 members (excludes halogenated alkanes) is 2. The monoisotopic (exact) mass is 379 g/mol. The van der Waals surface area contributed by atoms with Gasteiger partial charge in [-0.05, 0) is 31.0 Å². The molecule has 0 aliphatic carbocycles. The molecule has 1 heterocycles. The van der Waals surface area contributed by atoms with Crippen molar-refractivity contribution in [1.82, 2.24) is 4.98 Å². The molecule has 1 aromatic heterocycles. The van der Waals surface area contributed by atoms with Crippen molar-refractivity contribution in [2.45, 2.75) is 33.1 Å². The predicted molar refractivity (Wildman–Crippen MR) is 115 cm³/mol. The first-order valence-electron chi connectivity index (χ1n) is 9.31. The first kappa shape index (κ1) is 19.1. The minimum atomic E-state index is 0.757. The molecular formula is C22H25N3OS. The highest BCUT2D eigenvalue weighted by Gasteiger charge is 2.08. The third kappa shape index (κ3) is 5.66. The molecule has 3 aromatic rings. The van der Waals surface area contributed by atoms with Gasteiger partial charge in [0.05, 0.1) is 18.5 Å². The van der Waals surface area contributed by atoms with Crippen LogP contribution >= 0.6 is 11.3 Å². The van der Waals surface area contributed by atoms with E-state index in [1.54, 1.807) is 17.6 Å². The summed E-state index contributed by atoms with van der Waals surface area (Å²) >= 11 is 1.60. The average molecular weight is 380 g/mol. The van der Waals surface area contributed by atoms with Gasteiger partial charge in [0.2, 0.25) is 5.13 Å². The molecule has 0 radical (unpaired) electrons. The number of hydrogen-bond acceptors (Lipinski definition) is 5. The van der Waals surface area contributed by atoms with Crippen LogP contribution in [0.1, 0.15) is 36.6 Å². The molecule has 0 unspecified atom stereocenters. The van der Waals surface area contributed by atoms with Gasteiger partial charge in [0, 0.05) is 10.4 Å². The number of aromatic nitrogens is 1. The second-order valence-corrected chi connectivity index (χ2v) is 7.49. The lowest BCUT2D eigenvalue weighted by atomic mass is 10.1. The van der Waals surface area contributed by atoms with E-state index in [0.29, 0.717) is 0 Å². The van der Waals surface area contributed by atoms with Crippen LogP contribution in [-0.2, 0) is 0 Å². The fourth-order valence-corrected chi connectivity index (χ4v) is 3.48. The Hall–Kier alpha value is -2.66. The molecule has 27 heavy (non-hydrogen) atoms. The molecule has 140 valence electrons. The van der Waals surface area contributed by atoms with Crippen molar-refractivity contribution in [2.24, 2.45) is 5.10 Å². The maximum atomic E-state index is 5.79. The fourth-order valence-electron chi connectivity index (χ4n) is 2.70. The van der Waals surface area contributed by atoms with Crippen LogP contribution in [0, 0.1) is 6.92 Å². The van der Waals surface area contributed by atoms with E-state index in [-0.39, 0.29) is 0 Å². The van der Waals surface area contributed by atoms with E-state index < -0.39 is 0 Å². The van der Waals surface area contributed by atoms with Crippen LogP contribution in [0.4, 0.5) is 5.13 Å². The Morgan fingerprint density at radius 2 is 1.96 bits per heavy atom. The number of hydrazone groups is 1. The fraction of sp³-hybridized carbons (Fsp3) is 0.273. The van der Waals surface area contributed by atoms with Crippen LogP contribution in [0.2, 0.25) is 0 Å². The molecule has 0 aliphatic rings. The van der Waals surface area contributed by atoms with Crippen molar-refractivity contribution in [3.8, 4) is 17.0 Å². The van der Waals surface area contributed by atoms with Crippen molar-refractivity contribution >= 4 is 22.7 Å². The molecule has 0 atom stereocenters. The highest BCUT2D eigenvalue weighted by atomic mass is 32.1. The van der Waals surface area contributed by atoms with E-state index in [1.165, 1.54) is 17.7 Å². The molecule has 0 amide bonds. The number of anilines is 1. The lowest BCUT2D eigenvalue weighted by Gasteiger charge is -2.06. The van der Waals surface area contributed by atoms with Gasteiger partial charge in [-0.2, -0.15) is 5.10 Å². The first-order valence-corrected chi connectivity index (χ1v) is 10.1. The Bertz CT molecular complexity index is 874. The van der Waals surface area contributed by atoms with E-state index in [1.807, 2.05) is 42.5 Å². The van der Waals surface area contributed by atoms with Gasteiger partial charge in [0.25, 0.3) is 0 Å². The Kier molecular flexibility index (Phi) is 6.99. The molecule has 0 fully saturated rings. The average Bonchev–Trinajstić information content (AvgIpc) is 3.07. The summed E-state index contributed by atoms with van der Waals surface area (Å²) in [5, 5.41) is 5.11. The molecule has 0 aliphatic heterocycles. The van der Waals surface area contributed by atoms with Crippen molar-refractivity contribution in [3.63, 3.8) is 0 Å². The number of rotatable bonds is 9. The SMILES string of the molecule is CCCCCOc1cccc(/C=N/Nc2nc(-c3ccccc3)c(C)s2)c1. The van der Waals surface area contributed by atoms with Gasteiger partial charge < -0.3 is 4.74 Å². The van der Waals surface area contributed by atoms with Crippen molar-refractivity contribution in [3.05, 3.63) is 65.0 Å². The zero-order chi connectivity index (χ0) is 18.9. The van der Waals surface area contributed by atoms with Crippen LogP contribution in [0.15, 0.2) is 59.7 Å². The first-order chi connectivity index (χ1) is 13.3. The van der Waals surface area contributed by atoms with E-state index >= 15 is 0 Å². The minimum Gasteiger partial charge on any atom is -0.494 e. The summed E-state index contributed by atoms with van der Waals surface area (Å²) in [5.74, 6) is 0.881. The summed E-state index contributed by atoms with van der Waals surface area (Å²) in [6, 6.07) is 18.2. The summed E-state index contributed by atoms with van der Waals surface area (Å²) in [5.41, 5.74) is 6.15. The number of nitrogens with zero attached hydrogens (tertiary/aromatic N) is 2. The highest BCUT2D eigenvalue weighted by molar-refractivity contribution is 7.15. The van der Waals surface area contributed by atoms with Crippen molar-refractivity contribution in [2.75, 3.05) is 12.0 Å². The Labute approximate surface area is 164 Å². The summed E-state index contributed by atoms with van der Waals surface area (Å²) < 4.78 is 5.79. The molecule has 0 saturated heterocycles. The van der Waals surface area contributed by atoms with Crippen LogP contribution in [0.3, 0.4) is 0 Å². The van der Waals surface area contributed by atoms with Crippen LogP contribution < -0.4 is 10.2 Å². The van der Waals surface area contributed by atoms with Crippen LogP contribution in [-0.4, -0.2) is 17.8 Å². The van der Waals surface area contributed by atoms with Gasteiger partial charge in [-0.1, -0.05) is 62.2 Å². The smallest absolute Gasteiger partial charge is 0.204 e. The Morgan fingerprint density at radius 1 is 1.11 bits per heavy atom. The summed E-state index contributed by atoms with van der Waals surface area (Å²) in [4.78, 5) is 5.82. The minimum absolute atomic E-state index is 0.757. The molecule has 1 N–H and O–H groups in total. The topological polar surface area (TPSA) is 46.5 Å². The van der Waals surface area contributed by atoms with Gasteiger partial charge in [0.1, 0.15) is 5.75 Å². The van der Waals surface area contributed by atoms with E-state index in [0.717, 1.165) is 40.7 Å². The standard InChI is InChI=1S/C22H25N3OS/c1-3-4-8-14-26-20-13-9-10-18(15-20)16-23-25-22-24-21(17(2)27-22)19-11-6-5-7-12-19/h5-7,9-13,15-16H,3-4,8,14H2,1-2H3,(H,24,25)/b23-16+. The lowest BCUT2D eigenvalue weighted by molar-refractivity contribution is 0.306. The largest absolute Gasteiger partial charge is 0.494 e. The number of ether oxygens (including phenoxy) is 1. The molecule has 0 bridgehead atoms. The maximum absolute atomic E-state index is 5.79. The molecule has 2 aromatic carbocycles. The molecule has 0 spiro atoms. The van der Waals surface area contributed by atoms with Gasteiger partial charge in [-0.25, -0.2) is 4.98 Å². The third-order valence-electron chi connectivity index (χ3n) is 4.09. The maximum Gasteiger partial charge on any atom is 0.204 e. The predicted octanol–water partition coefficient (Wildman–Crippen LogP) is 6.13. The van der Waals surface area contributed by atoms with Gasteiger partial charge in [-0.3, -0.25) is 5.43 Å². The van der Waals surface area contributed by atoms with E-state index in [9.17, 15) is 0 Å². The van der Waals surface area contributed by atoms with Crippen LogP contribution in [0.5, 0.6) is 5.75 Å². The number of hydrogen-bond donors (Lipinski definition) is 1. The highest BCUT2D eigenvalue weighted by Crippen LogP contribution is 2.30. The second-order valence-electron chi connectivity index (χ2n) is 6.29. The molecular weight excluding hydrogens is 354 g/mol. The normalized spacial score (nSPS) is 11.0. The van der Waals surface area contributed by atoms with Crippen LogP contribution in [0.25, 0.3) is 11.3 Å². The number of nitrogens with one attached hydrogen (secondary N) is 1. The number of aryl methyl sites for hydroxylation is 1. The third-order valence-corrected chi connectivity index (χ3v) is 4.97. The zero-order valence-electron chi connectivity index (χ0n) is 15.8. The van der Waals surface area contributed by atoms with Gasteiger partial charge in [-0.15, -0.1) is 11.3 Å². The lowest BCUT2D eigenvalue weighted by Crippen LogP contribution is -1.97. The molecule has 0 saturated carbocycles. The second kappa shape index (κ2) is 9.88. The van der Waals surface area contributed by atoms with E-state index in [2.05, 4.69) is 41.5 Å². The van der Waals surface area contributed by atoms with E-state index in [4.69, 9.17) is 4.74 Å².